The van der Waals surface area contributed by atoms with Gasteiger partial charge < -0.3 is 27.9 Å². The van der Waals surface area contributed by atoms with Crippen LogP contribution >= 0.6 is 7.82 Å². The molecule has 0 aromatic rings. The van der Waals surface area contributed by atoms with Crippen molar-refractivity contribution in [1.82, 2.24) is 0 Å². The molecule has 0 aliphatic rings. The number of phosphoric acid groups is 1. The monoisotopic (exact) mass is 1100 g/mol. The van der Waals surface area contributed by atoms with E-state index in [-0.39, 0.29) is 32.0 Å². The Balaban J connectivity index is 4.04. The zero-order valence-electron chi connectivity index (χ0n) is 51.2. The molecule has 2 unspecified atom stereocenters. The maximum atomic E-state index is 12.8. The maximum absolute atomic E-state index is 12.8. The number of quaternary nitrogens is 1. The first kappa shape index (κ1) is 74.7. The highest BCUT2D eigenvalue weighted by Gasteiger charge is 2.22. The van der Waals surface area contributed by atoms with Gasteiger partial charge in [-0.2, -0.15) is 0 Å². The molecule has 0 aromatic heterocycles. The normalized spacial score (nSPS) is 13.6. The summed E-state index contributed by atoms with van der Waals surface area (Å²) in [6.45, 7) is 4.14. The summed E-state index contributed by atoms with van der Waals surface area (Å²) in [5.41, 5.74) is 0. The van der Waals surface area contributed by atoms with Crippen LogP contribution in [0.1, 0.15) is 303 Å². The van der Waals surface area contributed by atoms with E-state index in [9.17, 15) is 19.0 Å². The molecular weight excluding hydrogens is 978 g/mol. The van der Waals surface area contributed by atoms with Crippen molar-refractivity contribution in [3.05, 3.63) is 60.8 Å². The van der Waals surface area contributed by atoms with Crippen molar-refractivity contribution in [2.75, 3.05) is 47.5 Å². The minimum Gasteiger partial charge on any atom is -0.756 e. The van der Waals surface area contributed by atoms with Crippen molar-refractivity contribution in [1.29, 1.82) is 0 Å². The van der Waals surface area contributed by atoms with E-state index >= 15 is 0 Å². The van der Waals surface area contributed by atoms with Gasteiger partial charge in [-0.1, -0.05) is 293 Å². The molecular formula is C67H124NO8P. The van der Waals surface area contributed by atoms with Gasteiger partial charge >= 0.3 is 11.9 Å². The molecule has 0 aliphatic heterocycles. The lowest BCUT2D eigenvalue weighted by molar-refractivity contribution is -0.870. The van der Waals surface area contributed by atoms with Crippen molar-refractivity contribution in [2.24, 2.45) is 0 Å². The number of allylic oxidation sites excluding steroid dienone is 10. The highest BCUT2D eigenvalue weighted by atomic mass is 31.2. The Labute approximate surface area is 476 Å². The van der Waals surface area contributed by atoms with E-state index in [2.05, 4.69) is 74.6 Å². The van der Waals surface area contributed by atoms with Crippen LogP contribution in [0.25, 0.3) is 0 Å². The third kappa shape index (κ3) is 62.8. The van der Waals surface area contributed by atoms with Gasteiger partial charge in [-0.25, -0.2) is 0 Å². The lowest BCUT2D eigenvalue weighted by Gasteiger charge is -2.28. The largest absolute Gasteiger partial charge is 0.756 e. The first-order valence-electron chi connectivity index (χ1n) is 32.5. The van der Waals surface area contributed by atoms with Gasteiger partial charge in [0.05, 0.1) is 27.7 Å². The molecule has 77 heavy (non-hydrogen) atoms. The summed E-state index contributed by atoms with van der Waals surface area (Å²) in [6, 6.07) is 0. The molecule has 0 aliphatic carbocycles. The SMILES string of the molecule is CC/C=C\C/C=C\C/C=C\C/C=C\C/C=C\CCCCCCCC(=O)OC(COC(=O)CCCCCCCCCCCCCCCCCCCCCCCCCCCCCCCCCC)COP(=O)([O-])OCC[N+](C)(C)C. The molecule has 0 rings (SSSR count). The first-order chi connectivity index (χ1) is 37.5. The van der Waals surface area contributed by atoms with Crippen molar-refractivity contribution >= 4 is 19.8 Å². The van der Waals surface area contributed by atoms with Gasteiger partial charge in [0, 0.05) is 12.8 Å². The lowest BCUT2D eigenvalue weighted by atomic mass is 10.0. The Kier molecular flexibility index (Phi) is 56.6. The molecule has 0 heterocycles. The topological polar surface area (TPSA) is 111 Å². The number of carbonyl (C=O) groups is 2. The summed E-state index contributed by atoms with van der Waals surface area (Å²) in [4.78, 5) is 37.9. The van der Waals surface area contributed by atoms with Gasteiger partial charge in [0.15, 0.2) is 6.10 Å². The number of hydrogen-bond acceptors (Lipinski definition) is 8. The van der Waals surface area contributed by atoms with Gasteiger partial charge in [0.2, 0.25) is 0 Å². The third-order valence-electron chi connectivity index (χ3n) is 14.3. The first-order valence-corrected chi connectivity index (χ1v) is 34.0. The number of nitrogens with zero attached hydrogens (tertiary/aromatic N) is 1. The number of carbonyl (C=O) groups excluding carboxylic acids is 2. The van der Waals surface area contributed by atoms with E-state index in [1.165, 1.54) is 186 Å². The molecule has 0 saturated heterocycles. The van der Waals surface area contributed by atoms with Crippen LogP contribution in [0.4, 0.5) is 0 Å². The molecule has 0 N–H and O–H groups in total. The van der Waals surface area contributed by atoms with Gasteiger partial charge in [-0.15, -0.1) is 0 Å². The fourth-order valence-corrected chi connectivity index (χ4v) is 10.1. The summed E-state index contributed by atoms with van der Waals surface area (Å²) >= 11 is 0. The minimum atomic E-state index is -4.65. The van der Waals surface area contributed by atoms with Crippen molar-refractivity contribution in [3.63, 3.8) is 0 Å². The number of likely N-dealkylation sites (N-methyl/N-ethyl adjacent to an activating group) is 1. The molecule has 10 heteroatoms. The highest BCUT2D eigenvalue weighted by molar-refractivity contribution is 7.45. The van der Waals surface area contributed by atoms with Crippen LogP contribution in [0.2, 0.25) is 0 Å². The standard InChI is InChI=1S/C67H124NO8P/c1-6-8-10-12-14-16-18-20-22-24-26-28-29-30-31-32-33-34-35-36-37-38-40-41-43-45-47-49-51-53-55-57-59-66(69)73-63-65(64-75-77(71,72)74-62-61-68(3,4)5)76-67(70)60-58-56-54-52-50-48-46-44-42-39-27-25-23-21-19-17-15-13-11-9-7-2/h9,11,15,17,21,23,27,39,44,46,65H,6-8,10,12-14,16,18-20,22,24-26,28-38,40-43,45,47-64H2,1-5H3/b11-9-,17-15-,23-21-,39-27-,46-44-. The van der Waals surface area contributed by atoms with Crippen LogP contribution in [0.5, 0.6) is 0 Å². The predicted molar refractivity (Wildman–Crippen MR) is 328 cm³/mol. The summed E-state index contributed by atoms with van der Waals surface area (Å²) < 4.78 is 34.2. The number of unbranched alkanes of at least 4 members (excludes halogenated alkanes) is 36. The second-order valence-corrected chi connectivity index (χ2v) is 24.5. The van der Waals surface area contributed by atoms with Crippen LogP contribution in [0, 0.1) is 0 Å². The Hall–Kier alpha value is -2.29. The van der Waals surface area contributed by atoms with Gasteiger partial charge in [0.1, 0.15) is 19.8 Å². The quantitative estimate of drug-likeness (QED) is 0.0195. The van der Waals surface area contributed by atoms with Crippen molar-refractivity contribution < 1.29 is 42.1 Å². The van der Waals surface area contributed by atoms with Gasteiger partial charge in [0.25, 0.3) is 7.82 Å². The summed E-state index contributed by atoms with van der Waals surface area (Å²) in [6.07, 6.45) is 75.9. The highest BCUT2D eigenvalue weighted by Crippen LogP contribution is 2.38. The Bertz CT molecular complexity index is 1480. The summed E-state index contributed by atoms with van der Waals surface area (Å²) in [5.74, 6) is -0.845. The molecule has 2 atom stereocenters. The second kappa shape index (κ2) is 58.4. The van der Waals surface area contributed by atoms with E-state index in [1.54, 1.807) is 0 Å². The Morgan fingerprint density at radius 2 is 0.740 bits per heavy atom. The molecule has 0 aromatic carbocycles. The molecule has 0 fully saturated rings. The molecule has 9 nitrogen and oxygen atoms in total. The van der Waals surface area contributed by atoms with E-state index in [1.807, 2.05) is 21.1 Å². The van der Waals surface area contributed by atoms with E-state index < -0.39 is 26.5 Å². The van der Waals surface area contributed by atoms with Crippen LogP contribution in [-0.4, -0.2) is 70.0 Å². The number of phosphoric ester groups is 1. The Morgan fingerprint density at radius 3 is 1.10 bits per heavy atom. The number of ether oxygens (including phenoxy) is 2. The van der Waals surface area contributed by atoms with Crippen LogP contribution in [0.3, 0.4) is 0 Å². The van der Waals surface area contributed by atoms with Gasteiger partial charge in [-0.3, -0.25) is 14.2 Å². The minimum absolute atomic E-state index is 0.0359. The molecule has 0 bridgehead atoms. The van der Waals surface area contributed by atoms with Crippen LogP contribution in [0.15, 0.2) is 60.8 Å². The smallest absolute Gasteiger partial charge is 0.306 e. The van der Waals surface area contributed by atoms with Crippen LogP contribution < -0.4 is 4.89 Å². The number of rotatable bonds is 60. The van der Waals surface area contributed by atoms with E-state index in [0.29, 0.717) is 17.4 Å². The van der Waals surface area contributed by atoms with E-state index in [0.717, 1.165) is 83.5 Å². The molecule has 0 spiro atoms. The lowest BCUT2D eigenvalue weighted by Crippen LogP contribution is -2.37. The fraction of sp³-hybridized carbons (Fsp3) is 0.821. The molecule has 0 saturated carbocycles. The van der Waals surface area contributed by atoms with Gasteiger partial charge in [-0.05, 0) is 57.8 Å². The van der Waals surface area contributed by atoms with Crippen LogP contribution in [-0.2, 0) is 32.7 Å². The maximum Gasteiger partial charge on any atom is 0.306 e. The number of esters is 2. The summed E-state index contributed by atoms with van der Waals surface area (Å²) in [7, 11) is 1.16. The molecule has 0 radical (unpaired) electrons. The van der Waals surface area contributed by atoms with Crippen molar-refractivity contribution in [3.8, 4) is 0 Å². The number of hydrogen-bond donors (Lipinski definition) is 0. The molecule has 450 valence electrons. The molecule has 0 amide bonds. The summed E-state index contributed by atoms with van der Waals surface area (Å²) in [5, 5.41) is 0. The Morgan fingerprint density at radius 1 is 0.416 bits per heavy atom. The third-order valence-corrected chi connectivity index (χ3v) is 15.3. The fourth-order valence-electron chi connectivity index (χ4n) is 9.33. The average Bonchev–Trinajstić information content (AvgIpc) is 3.39. The van der Waals surface area contributed by atoms with E-state index in [4.69, 9.17) is 18.5 Å². The second-order valence-electron chi connectivity index (χ2n) is 23.1. The average molecular weight is 1100 g/mol. The zero-order valence-corrected chi connectivity index (χ0v) is 52.1. The van der Waals surface area contributed by atoms with Crippen molar-refractivity contribution in [2.45, 2.75) is 309 Å². The predicted octanol–water partition coefficient (Wildman–Crippen LogP) is 20.0. The zero-order chi connectivity index (χ0) is 56.3.